The van der Waals surface area contributed by atoms with Crippen LogP contribution in [-0.2, 0) is 0 Å². The number of benzene rings is 1. The van der Waals surface area contributed by atoms with Crippen molar-refractivity contribution in [2.24, 2.45) is 5.92 Å². The number of carbonyl (C=O) groups excluding carboxylic acids is 1. The predicted molar refractivity (Wildman–Crippen MR) is 104 cm³/mol. The van der Waals surface area contributed by atoms with E-state index in [4.69, 9.17) is 0 Å². The summed E-state index contributed by atoms with van der Waals surface area (Å²) in [5, 5.41) is 6.28. The standard InChI is InChI=1S/C20H25F2N5O/c1-27(2)19-10-18(24-12-25-19)23-11-13-3-6-15(7-4-13)26-20(28)14-5-8-16(21)17(22)9-14/h5,8-10,12-13,15H,3-4,6-7,11H2,1-2H3,(H,26,28)(H,23,24,25). The normalized spacial score (nSPS) is 19.1. The van der Waals surface area contributed by atoms with Crippen LogP contribution in [0.2, 0.25) is 0 Å². The Morgan fingerprint density at radius 1 is 1.11 bits per heavy atom. The molecule has 0 saturated heterocycles. The molecule has 1 heterocycles. The summed E-state index contributed by atoms with van der Waals surface area (Å²) in [5.74, 6) is -0.184. The first-order valence-electron chi connectivity index (χ1n) is 9.41. The van der Waals surface area contributed by atoms with E-state index in [1.165, 1.54) is 6.07 Å². The molecule has 2 N–H and O–H groups in total. The summed E-state index contributed by atoms with van der Waals surface area (Å²) in [6.45, 7) is 0.813. The van der Waals surface area contributed by atoms with Crippen LogP contribution in [0, 0.1) is 17.6 Å². The summed E-state index contributed by atoms with van der Waals surface area (Å²) in [6, 6.07) is 5.17. The smallest absolute Gasteiger partial charge is 0.251 e. The molecule has 0 unspecified atom stereocenters. The van der Waals surface area contributed by atoms with Crippen molar-refractivity contribution in [3.8, 4) is 0 Å². The van der Waals surface area contributed by atoms with Crippen LogP contribution in [0.25, 0.3) is 0 Å². The quantitative estimate of drug-likeness (QED) is 0.794. The maximum absolute atomic E-state index is 13.3. The van der Waals surface area contributed by atoms with Crippen LogP contribution in [-0.4, -0.2) is 42.6 Å². The highest BCUT2D eigenvalue weighted by Gasteiger charge is 2.23. The van der Waals surface area contributed by atoms with Crippen molar-refractivity contribution in [1.82, 2.24) is 15.3 Å². The van der Waals surface area contributed by atoms with Gasteiger partial charge in [0.05, 0.1) is 0 Å². The lowest BCUT2D eigenvalue weighted by Crippen LogP contribution is -2.38. The minimum atomic E-state index is -1.01. The Morgan fingerprint density at radius 3 is 2.54 bits per heavy atom. The van der Waals surface area contributed by atoms with E-state index in [2.05, 4.69) is 20.6 Å². The van der Waals surface area contributed by atoms with Gasteiger partial charge in [0.2, 0.25) is 0 Å². The summed E-state index contributed by atoms with van der Waals surface area (Å²) in [4.78, 5) is 22.6. The molecule has 1 amide bonds. The number of nitrogens with zero attached hydrogens (tertiary/aromatic N) is 3. The molecule has 28 heavy (non-hydrogen) atoms. The lowest BCUT2D eigenvalue weighted by molar-refractivity contribution is 0.0922. The Balaban J connectivity index is 1.45. The highest BCUT2D eigenvalue weighted by atomic mass is 19.2. The first-order valence-corrected chi connectivity index (χ1v) is 9.41. The SMILES string of the molecule is CN(C)c1cc(NCC2CCC(NC(=O)c3ccc(F)c(F)c3)CC2)ncn1. The summed E-state index contributed by atoms with van der Waals surface area (Å²) in [6.07, 6.45) is 5.20. The van der Waals surface area contributed by atoms with Gasteiger partial charge >= 0.3 is 0 Å². The van der Waals surface area contributed by atoms with Gasteiger partial charge in [-0.3, -0.25) is 4.79 Å². The van der Waals surface area contributed by atoms with E-state index >= 15 is 0 Å². The van der Waals surface area contributed by atoms with E-state index in [-0.39, 0.29) is 17.5 Å². The molecule has 8 heteroatoms. The molecule has 1 aromatic heterocycles. The van der Waals surface area contributed by atoms with Crippen LogP contribution < -0.4 is 15.5 Å². The van der Waals surface area contributed by atoms with Crippen molar-refractivity contribution in [2.45, 2.75) is 31.7 Å². The summed E-state index contributed by atoms with van der Waals surface area (Å²) >= 11 is 0. The first-order chi connectivity index (χ1) is 13.4. The number of halogens is 2. The Kier molecular flexibility index (Phi) is 6.38. The molecule has 0 bridgehead atoms. The molecule has 3 rings (SSSR count). The van der Waals surface area contributed by atoms with E-state index in [1.807, 2.05) is 25.1 Å². The van der Waals surface area contributed by atoms with Crippen LogP contribution in [0.4, 0.5) is 20.4 Å². The van der Waals surface area contributed by atoms with Gasteiger partial charge in [0, 0.05) is 38.3 Å². The molecule has 150 valence electrons. The zero-order chi connectivity index (χ0) is 20.1. The molecular weight excluding hydrogens is 364 g/mol. The van der Waals surface area contributed by atoms with Gasteiger partial charge in [-0.15, -0.1) is 0 Å². The average Bonchev–Trinajstić information content (AvgIpc) is 2.69. The van der Waals surface area contributed by atoms with Gasteiger partial charge in [-0.1, -0.05) is 0 Å². The van der Waals surface area contributed by atoms with E-state index in [9.17, 15) is 13.6 Å². The molecule has 0 aliphatic heterocycles. The van der Waals surface area contributed by atoms with Gasteiger partial charge in [0.15, 0.2) is 11.6 Å². The molecule has 1 aliphatic carbocycles. The minimum Gasteiger partial charge on any atom is -0.370 e. The topological polar surface area (TPSA) is 70.2 Å². The summed E-state index contributed by atoms with van der Waals surface area (Å²) < 4.78 is 26.3. The van der Waals surface area contributed by atoms with E-state index in [1.54, 1.807) is 6.33 Å². The Labute approximate surface area is 163 Å². The molecule has 6 nitrogen and oxygen atoms in total. The maximum atomic E-state index is 13.3. The molecule has 1 saturated carbocycles. The maximum Gasteiger partial charge on any atom is 0.251 e. The second-order valence-electron chi connectivity index (χ2n) is 7.36. The van der Waals surface area contributed by atoms with Gasteiger partial charge in [-0.05, 0) is 49.8 Å². The molecule has 1 aromatic carbocycles. The van der Waals surface area contributed by atoms with Gasteiger partial charge in [-0.25, -0.2) is 18.7 Å². The van der Waals surface area contributed by atoms with E-state index in [0.29, 0.717) is 5.92 Å². The van der Waals surface area contributed by atoms with Crippen molar-refractivity contribution in [3.63, 3.8) is 0 Å². The number of hydrogen-bond acceptors (Lipinski definition) is 5. The number of amides is 1. The second kappa shape index (κ2) is 8.95. The number of carbonyl (C=O) groups is 1. The van der Waals surface area contributed by atoms with Crippen molar-refractivity contribution in [3.05, 3.63) is 47.8 Å². The molecule has 2 aromatic rings. The number of anilines is 2. The van der Waals surface area contributed by atoms with E-state index in [0.717, 1.165) is 56.0 Å². The third-order valence-corrected chi connectivity index (χ3v) is 5.05. The monoisotopic (exact) mass is 389 g/mol. The summed E-state index contributed by atoms with van der Waals surface area (Å²) in [7, 11) is 3.87. The Hall–Kier alpha value is -2.77. The molecule has 0 radical (unpaired) electrons. The second-order valence-corrected chi connectivity index (χ2v) is 7.36. The highest BCUT2D eigenvalue weighted by molar-refractivity contribution is 5.94. The molecule has 0 spiro atoms. The lowest BCUT2D eigenvalue weighted by Gasteiger charge is -2.29. The van der Waals surface area contributed by atoms with Gasteiger partial charge < -0.3 is 15.5 Å². The number of nitrogens with one attached hydrogen (secondary N) is 2. The zero-order valence-electron chi connectivity index (χ0n) is 16.1. The molecule has 1 aliphatic rings. The Bertz CT molecular complexity index is 822. The van der Waals surface area contributed by atoms with Crippen LogP contribution in [0.5, 0.6) is 0 Å². The van der Waals surface area contributed by atoms with Crippen molar-refractivity contribution < 1.29 is 13.6 Å². The third kappa shape index (κ3) is 5.15. The van der Waals surface area contributed by atoms with Crippen molar-refractivity contribution in [2.75, 3.05) is 30.9 Å². The van der Waals surface area contributed by atoms with Crippen LogP contribution >= 0.6 is 0 Å². The molecular formula is C20H25F2N5O. The molecule has 1 fully saturated rings. The van der Waals surface area contributed by atoms with Gasteiger partial charge in [0.25, 0.3) is 5.91 Å². The molecule has 0 atom stereocenters. The fourth-order valence-corrected chi connectivity index (χ4v) is 3.35. The van der Waals surface area contributed by atoms with Gasteiger partial charge in [0.1, 0.15) is 18.0 Å². The third-order valence-electron chi connectivity index (χ3n) is 5.05. The highest BCUT2D eigenvalue weighted by Crippen LogP contribution is 2.25. The van der Waals surface area contributed by atoms with Gasteiger partial charge in [-0.2, -0.15) is 0 Å². The van der Waals surface area contributed by atoms with Crippen molar-refractivity contribution in [1.29, 1.82) is 0 Å². The summed E-state index contributed by atoms with van der Waals surface area (Å²) in [5.41, 5.74) is 0.142. The van der Waals surface area contributed by atoms with Crippen LogP contribution in [0.3, 0.4) is 0 Å². The number of hydrogen-bond donors (Lipinski definition) is 2. The fraction of sp³-hybridized carbons (Fsp3) is 0.450. The van der Waals surface area contributed by atoms with Crippen LogP contribution in [0.15, 0.2) is 30.6 Å². The van der Waals surface area contributed by atoms with Crippen molar-refractivity contribution >= 4 is 17.5 Å². The number of aromatic nitrogens is 2. The fourth-order valence-electron chi connectivity index (χ4n) is 3.35. The number of rotatable bonds is 6. The largest absolute Gasteiger partial charge is 0.370 e. The van der Waals surface area contributed by atoms with Crippen LogP contribution in [0.1, 0.15) is 36.0 Å². The predicted octanol–water partition coefficient (Wildman–Crippen LogP) is 3.22. The Morgan fingerprint density at radius 2 is 1.86 bits per heavy atom. The first kappa shape index (κ1) is 20.0. The lowest BCUT2D eigenvalue weighted by atomic mass is 9.86. The average molecular weight is 389 g/mol. The van der Waals surface area contributed by atoms with E-state index < -0.39 is 11.6 Å². The minimum absolute atomic E-state index is 0.0521. The zero-order valence-corrected chi connectivity index (χ0v) is 16.1.